The Labute approximate surface area is 75.4 Å². The standard InChI is InChI=1S/C10H20N2/c1-8(2)10(3)6-5-9(11)7-12(10)4/h5-6,8-9H,7,11H2,1-4H3. The van der Waals surface area contributed by atoms with Crippen LogP contribution >= 0.6 is 0 Å². The molecule has 1 aliphatic heterocycles. The molecule has 1 rings (SSSR count). The van der Waals surface area contributed by atoms with Crippen LogP contribution in [0.25, 0.3) is 0 Å². The van der Waals surface area contributed by atoms with Crippen molar-refractivity contribution in [3.05, 3.63) is 12.2 Å². The second kappa shape index (κ2) is 3.19. The van der Waals surface area contributed by atoms with Crippen LogP contribution in [-0.2, 0) is 0 Å². The summed E-state index contributed by atoms with van der Waals surface area (Å²) < 4.78 is 0. The zero-order chi connectivity index (χ0) is 9.35. The first-order valence-electron chi connectivity index (χ1n) is 4.63. The van der Waals surface area contributed by atoms with Gasteiger partial charge in [0.1, 0.15) is 0 Å². The molecule has 0 aromatic heterocycles. The minimum absolute atomic E-state index is 0.190. The molecule has 0 saturated carbocycles. The van der Waals surface area contributed by atoms with Crippen LogP contribution in [0.5, 0.6) is 0 Å². The van der Waals surface area contributed by atoms with Gasteiger partial charge in [0.15, 0.2) is 0 Å². The highest BCUT2D eigenvalue weighted by atomic mass is 15.2. The number of nitrogens with two attached hydrogens (primary N) is 1. The molecule has 0 radical (unpaired) electrons. The Bertz CT molecular complexity index is 186. The predicted molar refractivity (Wildman–Crippen MR) is 53.0 cm³/mol. The predicted octanol–water partition coefficient (Wildman–Crippen LogP) is 1.23. The van der Waals surface area contributed by atoms with E-state index in [1.54, 1.807) is 0 Å². The first-order chi connectivity index (χ1) is 5.47. The average molecular weight is 168 g/mol. The molecule has 0 bridgehead atoms. The van der Waals surface area contributed by atoms with Crippen LogP contribution in [0.15, 0.2) is 12.2 Å². The van der Waals surface area contributed by atoms with Gasteiger partial charge >= 0.3 is 0 Å². The van der Waals surface area contributed by atoms with Crippen molar-refractivity contribution in [1.82, 2.24) is 4.90 Å². The molecule has 1 heterocycles. The smallest absolute Gasteiger partial charge is 0.0384 e. The first-order valence-corrected chi connectivity index (χ1v) is 4.63. The molecule has 12 heavy (non-hydrogen) atoms. The van der Waals surface area contributed by atoms with Crippen LogP contribution in [0.2, 0.25) is 0 Å². The summed E-state index contributed by atoms with van der Waals surface area (Å²) in [5.41, 5.74) is 6.01. The summed E-state index contributed by atoms with van der Waals surface area (Å²) in [5.74, 6) is 0.631. The topological polar surface area (TPSA) is 29.3 Å². The van der Waals surface area contributed by atoms with E-state index < -0.39 is 0 Å². The van der Waals surface area contributed by atoms with E-state index in [0.29, 0.717) is 5.92 Å². The van der Waals surface area contributed by atoms with Crippen molar-refractivity contribution < 1.29 is 0 Å². The van der Waals surface area contributed by atoms with Gasteiger partial charge in [0.25, 0.3) is 0 Å². The molecule has 70 valence electrons. The van der Waals surface area contributed by atoms with E-state index in [-0.39, 0.29) is 11.6 Å². The molecule has 0 spiro atoms. The van der Waals surface area contributed by atoms with Crippen LogP contribution in [0.3, 0.4) is 0 Å². The molecular weight excluding hydrogens is 148 g/mol. The lowest BCUT2D eigenvalue weighted by Crippen LogP contribution is -2.53. The highest BCUT2D eigenvalue weighted by Gasteiger charge is 2.33. The second-order valence-corrected chi connectivity index (χ2v) is 4.28. The van der Waals surface area contributed by atoms with Crippen molar-refractivity contribution >= 4 is 0 Å². The van der Waals surface area contributed by atoms with Gasteiger partial charge < -0.3 is 5.73 Å². The molecular formula is C10H20N2. The van der Waals surface area contributed by atoms with E-state index in [0.717, 1.165) is 6.54 Å². The Kier molecular flexibility index (Phi) is 2.59. The molecule has 2 N–H and O–H groups in total. The number of hydrogen-bond acceptors (Lipinski definition) is 2. The maximum absolute atomic E-state index is 5.82. The van der Waals surface area contributed by atoms with Gasteiger partial charge in [-0.3, -0.25) is 4.90 Å². The summed E-state index contributed by atoms with van der Waals surface area (Å²) in [5, 5.41) is 0. The molecule has 2 heteroatoms. The Morgan fingerprint density at radius 1 is 1.58 bits per heavy atom. The van der Waals surface area contributed by atoms with E-state index in [9.17, 15) is 0 Å². The fourth-order valence-corrected chi connectivity index (χ4v) is 1.65. The lowest BCUT2D eigenvalue weighted by Gasteiger charge is -2.43. The summed E-state index contributed by atoms with van der Waals surface area (Å²) in [4.78, 5) is 2.34. The minimum Gasteiger partial charge on any atom is -0.323 e. The minimum atomic E-state index is 0.190. The quantitative estimate of drug-likeness (QED) is 0.597. The van der Waals surface area contributed by atoms with Gasteiger partial charge in [-0.15, -0.1) is 0 Å². The molecule has 0 aliphatic carbocycles. The van der Waals surface area contributed by atoms with Crippen LogP contribution in [0, 0.1) is 5.92 Å². The number of rotatable bonds is 1. The monoisotopic (exact) mass is 168 g/mol. The number of nitrogens with zero attached hydrogens (tertiary/aromatic N) is 1. The molecule has 0 fully saturated rings. The SMILES string of the molecule is CC(C)C1(C)C=CC(N)CN1C. The molecule has 0 aromatic rings. The van der Waals surface area contributed by atoms with Crippen molar-refractivity contribution in [2.24, 2.45) is 11.7 Å². The molecule has 2 unspecified atom stereocenters. The van der Waals surface area contributed by atoms with Gasteiger partial charge in [-0.05, 0) is 19.9 Å². The van der Waals surface area contributed by atoms with Crippen molar-refractivity contribution in [2.45, 2.75) is 32.4 Å². The molecule has 0 amide bonds. The molecule has 0 saturated heterocycles. The Morgan fingerprint density at radius 2 is 2.17 bits per heavy atom. The van der Waals surface area contributed by atoms with Crippen molar-refractivity contribution in [2.75, 3.05) is 13.6 Å². The van der Waals surface area contributed by atoms with E-state index in [1.807, 2.05) is 0 Å². The zero-order valence-electron chi connectivity index (χ0n) is 8.54. The maximum Gasteiger partial charge on any atom is 0.0384 e. The molecule has 1 aliphatic rings. The Balaban J connectivity index is 2.84. The molecule has 0 aromatic carbocycles. The second-order valence-electron chi connectivity index (χ2n) is 4.28. The van der Waals surface area contributed by atoms with Gasteiger partial charge in [0.2, 0.25) is 0 Å². The van der Waals surface area contributed by atoms with Crippen LogP contribution < -0.4 is 5.73 Å². The summed E-state index contributed by atoms with van der Waals surface area (Å²) in [6, 6.07) is 0.210. The lowest BCUT2D eigenvalue weighted by molar-refractivity contribution is 0.121. The van der Waals surface area contributed by atoms with E-state index in [1.165, 1.54) is 0 Å². The summed E-state index contributed by atoms with van der Waals surface area (Å²) in [6.45, 7) is 7.72. The third kappa shape index (κ3) is 1.54. The Morgan fingerprint density at radius 3 is 2.58 bits per heavy atom. The van der Waals surface area contributed by atoms with Gasteiger partial charge in [0.05, 0.1) is 0 Å². The van der Waals surface area contributed by atoms with Gasteiger partial charge in [-0.2, -0.15) is 0 Å². The largest absolute Gasteiger partial charge is 0.323 e. The van der Waals surface area contributed by atoms with Crippen molar-refractivity contribution in [3.63, 3.8) is 0 Å². The number of likely N-dealkylation sites (N-methyl/N-ethyl adjacent to an activating group) is 1. The van der Waals surface area contributed by atoms with Gasteiger partial charge in [-0.25, -0.2) is 0 Å². The molecule has 2 nitrogen and oxygen atoms in total. The van der Waals surface area contributed by atoms with Crippen LogP contribution in [0.1, 0.15) is 20.8 Å². The summed E-state index contributed by atoms with van der Waals surface area (Å²) in [6.07, 6.45) is 4.37. The maximum atomic E-state index is 5.82. The van der Waals surface area contributed by atoms with Gasteiger partial charge in [-0.1, -0.05) is 26.0 Å². The third-order valence-electron chi connectivity index (χ3n) is 3.16. The zero-order valence-corrected chi connectivity index (χ0v) is 8.54. The fraction of sp³-hybridized carbons (Fsp3) is 0.800. The third-order valence-corrected chi connectivity index (χ3v) is 3.16. The van der Waals surface area contributed by atoms with E-state index in [2.05, 4.69) is 44.9 Å². The van der Waals surface area contributed by atoms with Crippen molar-refractivity contribution in [1.29, 1.82) is 0 Å². The van der Waals surface area contributed by atoms with Crippen molar-refractivity contribution in [3.8, 4) is 0 Å². The number of hydrogen-bond donors (Lipinski definition) is 1. The molecule has 2 atom stereocenters. The fourth-order valence-electron chi connectivity index (χ4n) is 1.65. The summed E-state index contributed by atoms with van der Waals surface area (Å²) >= 11 is 0. The van der Waals surface area contributed by atoms with Gasteiger partial charge in [0, 0.05) is 18.1 Å². The van der Waals surface area contributed by atoms with E-state index >= 15 is 0 Å². The van der Waals surface area contributed by atoms with Crippen LogP contribution in [-0.4, -0.2) is 30.1 Å². The highest BCUT2D eigenvalue weighted by Crippen LogP contribution is 2.27. The summed E-state index contributed by atoms with van der Waals surface area (Å²) in [7, 11) is 2.14. The normalized spacial score (nSPS) is 37.7. The Hall–Kier alpha value is -0.340. The lowest BCUT2D eigenvalue weighted by atomic mass is 9.83. The van der Waals surface area contributed by atoms with Crippen LogP contribution in [0.4, 0.5) is 0 Å². The highest BCUT2D eigenvalue weighted by molar-refractivity contribution is 5.13. The van der Waals surface area contributed by atoms with E-state index in [4.69, 9.17) is 5.73 Å². The average Bonchev–Trinajstić information content (AvgIpc) is 1.97. The first kappa shape index (κ1) is 9.75.